The third-order valence-electron chi connectivity index (χ3n) is 2.81. The molecule has 25 heavy (non-hydrogen) atoms. The zero-order chi connectivity index (χ0) is 18.6. The molecule has 0 saturated carbocycles. The molecule has 0 unspecified atom stereocenters. The first kappa shape index (κ1) is 18.6. The Morgan fingerprint density at radius 3 is 2.24 bits per heavy atom. The van der Waals surface area contributed by atoms with E-state index in [4.69, 9.17) is 5.11 Å². The van der Waals surface area contributed by atoms with Crippen LogP contribution in [-0.4, -0.2) is 23.5 Å². The molecule has 3 N–H and O–H groups in total. The quantitative estimate of drug-likeness (QED) is 0.671. The maximum absolute atomic E-state index is 12.3. The number of halogens is 4. The third-order valence-corrected chi connectivity index (χ3v) is 3.31. The number of benzene rings is 2. The van der Waals surface area contributed by atoms with E-state index < -0.39 is 24.1 Å². The van der Waals surface area contributed by atoms with Gasteiger partial charge in [-0.15, -0.1) is 13.2 Å². The molecule has 0 aromatic heterocycles. The van der Waals surface area contributed by atoms with E-state index in [9.17, 15) is 22.8 Å². The lowest BCUT2D eigenvalue weighted by atomic mass is 10.1. The minimum absolute atomic E-state index is 0.0428. The van der Waals surface area contributed by atoms with E-state index in [0.717, 1.165) is 12.1 Å². The van der Waals surface area contributed by atoms with Crippen molar-refractivity contribution < 1.29 is 32.6 Å². The number of nitrogens with one attached hydrogen (secondary N) is 2. The number of carboxylic acid groups (broad SMARTS) is 1. The van der Waals surface area contributed by atoms with E-state index >= 15 is 0 Å². The van der Waals surface area contributed by atoms with Crippen LogP contribution in [0.15, 0.2) is 46.9 Å². The van der Waals surface area contributed by atoms with Crippen LogP contribution in [0, 0.1) is 0 Å². The van der Waals surface area contributed by atoms with Gasteiger partial charge in [-0.1, -0.05) is 15.9 Å². The first-order chi connectivity index (χ1) is 11.6. The summed E-state index contributed by atoms with van der Waals surface area (Å²) in [7, 11) is 0. The van der Waals surface area contributed by atoms with E-state index in [1.807, 2.05) is 0 Å². The van der Waals surface area contributed by atoms with Gasteiger partial charge in [0.25, 0.3) is 5.91 Å². The molecule has 2 rings (SSSR count). The van der Waals surface area contributed by atoms with Crippen LogP contribution in [0.2, 0.25) is 0 Å². The van der Waals surface area contributed by atoms with Crippen LogP contribution in [0.5, 0.6) is 5.75 Å². The van der Waals surface area contributed by atoms with Gasteiger partial charge in [0.15, 0.2) is 0 Å². The maximum atomic E-state index is 12.3. The number of hydrogen-bond acceptors (Lipinski definition) is 3. The number of carbonyl (C=O) groups is 2. The Bertz CT molecular complexity index is 794. The van der Waals surface area contributed by atoms with Gasteiger partial charge in [-0.05, 0) is 42.5 Å². The number of anilines is 2. The fourth-order valence-electron chi connectivity index (χ4n) is 1.87. The highest BCUT2D eigenvalue weighted by Crippen LogP contribution is 2.25. The van der Waals surface area contributed by atoms with Crippen LogP contribution in [0.3, 0.4) is 0 Å². The number of ether oxygens (including phenoxy) is 1. The molecule has 0 bridgehead atoms. The third kappa shape index (κ3) is 5.68. The minimum atomic E-state index is -4.81. The molecule has 2 aromatic carbocycles. The highest BCUT2D eigenvalue weighted by atomic mass is 79.9. The summed E-state index contributed by atoms with van der Waals surface area (Å²) < 4.78 is 40.6. The number of carbonyl (C=O) groups excluding carboxylic acids is 1. The van der Waals surface area contributed by atoms with Crippen LogP contribution in [0.1, 0.15) is 10.4 Å². The first-order valence-corrected chi connectivity index (χ1v) is 7.40. The van der Waals surface area contributed by atoms with Gasteiger partial charge in [-0.2, -0.15) is 0 Å². The van der Waals surface area contributed by atoms with Gasteiger partial charge >= 0.3 is 12.5 Å². The van der Waals surface area contributed by atoms with Gasteiger partial charge in [0.05, 0.1) is 11.3 Å². The summed E-state index contributed by atoms with van der Waals surface area (Å²) in [5.41, 5.74) is 0.307. The summed E-state index contributed by atoms with van der Waals surface area (Å²) in [5, 5.41) is 13.4. The smallest absolute Gasteiger partial charge is 0.465 e. The Labute approximate surface area is 147 Å². The van der Waals surface area contributed by atoms with Gasteiger partial charge in [0, 0.05) is 10.2 Å². The summed E-state index contributed by atoms with van der Waals surface area (Å²) in [5.74, 6) is -1.07. The van der Waals surface area contributed by atoms with Gasteiger partial charge < -0.3 is 15.2 Å². The molecule has 2 aromatic rings. The van der Waals surface area contributed by atoms with Crippen molar-refractivity contribution >= 4 is 39.3 Å². The highest BCUT2D eigenvalue weighted by Gasteiger charge is 2.31. The Balaban J connectivity index is 2.16. The van der Waals surface area contributed by atoms with E-state index in [1.54, 1.807) is 6.07 Å². The van der Waals surface area contributed by atoms with Crippen molar-refractivity contribution in [2.45, 2.75) is 6.36 Å². The zero-order valence-electron chi connectivity index (χ0n) is 12.2. The summed E-state index contributed by atoms with van der Waals surface area (Å²) in [6.45, 7) is 0. The maximum Gasteiger partial charge on any atom is 0.573 e. The molecule has 0 aliphatic rings. The second-order valence-corrected chi connectivity index (χ2v) is 5.56. The fourth-order valence-corrected chi connectivity index (χ4v) is 2.23. The summed E-state index contributed by atoms with van der Waals surface area (Å²) in [4.78, 5) is 23.1. The molecule has 0 radical (unpaired) electrons. The molecule has 10 heteroatoms. The predicted octanol–water partition coefficient (Wildman–Crippen LogP) is 4.69. The molecular formula is C15H10BrF3N2O4. The molecule has 0 aliphatic carbocycles. The minimum Gasteiger partial charge on any atom is -0.465 e. The van der Waals surface area contributed by atoms with Crippen molar-refractivity contribution in [3.05, 3.63) is 52.5 Å². The average molecular weight is 419 g/mol. The molecule has 0 atom stereocenters. The SMILES string of the molecule is O=C(O)Nc1cc(Br)ccc1C(=O)Nc1ccc(OC(F)(F)F)cc1. The summed E-state index contributed by atoms with van der Waals surface area (Å²) in [6.07, 6.45) is -6.15. The van der Waals surface area contributed by atoms with E-state index in [0.29, 0.717) is 4.47 Å². The van der Waals surface area contributed by atoms with Crippen LogP contribution < -0.4 is 15.4 Å². The van der Waals surface area contributed by atoms with E-state index in [2.05, 4.69) is 31.3 Å². The first-order valence-electron chi connectivity index (χ1n) is 6.61. The Hall–Kier alpha value is -2.75. The Kier molecular flexibility index (Phi) is 5.52. The lowest BCUT2D eigenvalue weighted by molar-refractivity contribution is -0.274. The van der Waals surface area contributed by atoms with Crippen LogP contribution >= 0.6 is 15.9 Å². The monoisotopic (exact) mass is 418 g/mol. The van der Waals surface area contributed by atoms with Crippen molar-refractivity contribution in [2.75, 3.05) is 10.6 Å². The van der Waals surface area contributed by atoms with Crippen LogP contribution in [-0.2, 0) is 0 Å². The van der Waals surface area contributed by atoms with E-state index in [-0.39, 0.29) is 16.9 Å². The highest BCUT2D eigenvalue weighted by molar-refractivity contribution is 9.10. The molecule has 0 aliphatic heterocycles. The normalized spacial score (nSPS) is 10.9. The molecule has 6 nitrogen and oxygen atoms in total. The lowest BCUT2D eigenvalue weighted by Crippen LogP contribution is -2.18. The largest absolute Gasteiger partial charge is 0.573 e. The second kappa shape index (κ2) is 7.43. The van der Waals surface area contributed by atoms with Gasteiger partial charge in [-0.25, -0.2) is 4.79 Å². The molecule has 2 amide bonds. The topological polar surface area (TPSA) is 87.7 Å². The molecule has 132 valence electrons. The van der Waals surface area contributed by atoms with Crippen molar-refractivity contribution in [2.24, 2.45) is 0 Å². The van der Waals surface area contributed by atoms with Crippen LogP contribution in [0.25, 0.3) is 0 Å². The van der Waals surface area contributed by atoms with Crippen molar-refractivity contribution in [3.63, 3.8) is 0 Å². The zero-order valence-corrected chi connectivity index (χ0v) is 13.8. The van der Waals surface area contributed by atoms with Gasteiger partial charge in [0.1, 0.15) is 5.75 Å². The number of alkyl halides is 3. The molecule has 0 spiro atoms. The van der Waals surface area contributed by atoms with Crippen molar-refractivity contribution in [3.8, 4) is 5.75 Å². The number of hydrogen-bond donors (Lipinski definition) is 3. The van der Waals surface area contributed by atoms with Gasteiger partial charge in [-0.3, -0.25) is 10.1 Å². The molecular weight excluding hydrogens is 409 g/mol. The standard InChI is InChI=1S/C15H10BrF3N2O4/c16-8-1-6-11(12(7-8)21-14(23)24)13(22)20-9-2-4-10(5-3-9)25-15(17,18)19/h1-7,21H,(H,20,22)(H,23,24). The fraction of sp³-hybridized carbons (Fsp3) is 0.0667. The van der Waals surface area contributed by atoms with Gasteiger partial charge in [0.2, 0.25) is 0 Å². The lowest BCUT2D eigenvalue weighted by Gasteiger charge is -2.12. The van der Waals surface area contributed by atoms with Crippen LogP contribution in [0.4, 0.5) is 29.3 Å². The predicted molar refractivity (Wildman–Crippen MR) is 86.9 cm³/mol. The summed E-state index contributed by atoms with van der Waals surface area (Å²) in [6, 6.07) is 8.88. The Morgan fingerprint density at radius 1 is 1.04 bits per heavy atom. The molecule has 0 heterocycles. The molecule has 0 fully saturated rings. The van der Waals surface area contributed by atoms with E-state index in [1.165, 1.54) is 24.3 Å². The Morgan fingerprint density at radius 2 is 1.68 bits per heavy atom. The number of rotatable bonds is 4. The average Bonchev–Trinajstić information content (AvgIpc) is 2.47. The summed E-state index contributed by atoms with van der Waals surface area (Å²) >= 11 is 3.16. The molecule has 0 saturated heterocycles. The van der Waals surface area contributed by atoms with Crippen molar-refractivity contribution in [1.82, 2.24) is 0 Å². The van der Waals surface area contributed by atoms with Crippen molar-refractivity contribution in [1.29, 1.82) is 0 Å². The number of amides is 2. The second-order valence-electron chi connectivity index (χ2n) is 4.65.